The molecule has 10 nitrogen and oxygen atoms in total. The molecule has 41 heavy (non-hydrogen) atoms. The molecule has 7 atom stereocenters. The molecule has 2 aromatic rings. The molecule has 0 spiro atoms. The van der Waals surface area contributed by atoms with Crippen molar-refractivity contribution in [3.8, 4) is 5.75 Å². The van der Waals surface area contributed by atoms with E-state index in [-0.39, 0.29) is 48.1 Å². The average Bonchev–Trinajstić information content (AvgIpc) is 3.65. The molecule has 1 amide bonds. The highest BCUT2D eigenvalue weighted by molar-refractivity contribution is 7.89. The molecule has 5 rings (SSSR count). The van der Waals surface area contributed by atoms with Crippen LogP contribution in [0.2, 0.25) is 0 Å². The van der Waals surface area contributed by atoms with E-state index in [1.54, 1.807) is 12.1 Å². The van der Waals surface area contributed by atoms with Gasteiger partial charge in [0, 0.05) is 24.9 Å². The first kappa shape index (κ1) is 29.8. The number of alkyl carbamates (subject to hydrolysis) is 1. The van der Waals surface area contributed by atoms with Gasteiger partial charge in [-0.3, -0.25) is 0 Å². The lowest BCUT2D eigenvalue weighted by molar-refractivity contribution is -0.0906. The molecule has 3 fully saturated rings. The van der Waals surface area contributed by atoms with Crippen molar-refractivity contribution >= 4 is 16.1 Å². The number of nitrogens with one attached hydrogen (secondary N) is 1. The molecule has 1 aliphatic carbocycles. The third kappa shape index (κ3) is 6.70. The number of rotatable bonds is 12. The number of ether oxygens (including phenoxy) is 4. The highest BCUT2D eigenvalue weighted by Gasteiger charge is 2.57. The molecule has 0 aromatic heterocycles. The van der Waals surface area contributed by atoms with Gasteiger partial charge in [-0.25, -0.2) is 13.2 Å². The molecule has 2 saturated heterocycles. The molecule has 11 heteroatoms. The van der Waals surface area contributed by atoms with Crippen LogP contribution in [0.5, 0.6) is 5.75 Å². The number of benzene rings is 2. The van der Waals surface area contributed by atoms with Gasteiger partial charge in [0.2, 0.25) is 10.0 Å². The summed E-state index contributed by atoms with van der Waals surface area (Å²) < 4.78 is 51.0. The van der Waals surface area contributed by atoms with Crippen molar-refractivity contribution in [3.63, 3.8) is 0 Å². The van der Waals surface area contributed by atoms with Gasteiger partial charge < -0.3 is 29.4 Å². The van der Waals surface area contributed by atoms with E-state index in [0.29, 0.717) is 31.3 Å². The van der Waals surface area contributed by atoms with E-state index in [0.717, 1.165) is 12.0 Å². The fourth-order valence-corrected chi connectivity index (χ4v) is 7.89. The fraction of sp³-hybridized carbons (Fsp3) is 0.567. The van der Waals surface area contributed by atoms with Crippen LogP contribution in [0, 0.1) is 23.7 Å². The summed E-state index contributed by atoms with van der Waals surface area (Å²) in [4.78, 5) is 13.3. The van der Waals surface area contributed by atoms with Crippen LogP contribution >= 0.6 is 0 Å². The minimum absolute atomic E-state index is 0.00368. The van der Waals surface area contributed by atoms with Crippen molar-refractivity contribution in [2.24, 2.45) is 23.7 Å². The van der Waals surface area contributed by atoms with Crippen molar-refractivity contribution < 1.29 is 37.3 Å². The summed E-state index contributed by atoms with van der Waals surface area (Å²) in [5.74, 6) is 1.19. The summed E-state index contributed by atoms with van der Waals surface area (Å²) in [6, 6.07) is 14.8. The number of aliphatic hydroxyl groups excluding tert-OH is 1. The predicted molar refractivity (Wildman–Crippen MR) is 151 cm³/mol. The number of nitrogens with zero attached hydrogens (tertiary/aromatic N) is 1. The van der Waals surface area contributed by atoms with Crippen LogP contribution in [-0.4, -0.2) is 81.9 Å². The maximum atomic E-state index is 13.6. The normalized spacial score (nSPS) is 26.6. The minimum atomic E-state index is -3.94. The lowest BCUT2D eigenvalue weighted by Gasteiger charge is -2.31. The number of carbonyl (C=O) groups excluding carboxylic acids is 1. The Morgan fingerprint density at radius 3 is 2.46 bits per heavy atom. The Kier molecular flexibility index (Phi) is 9.20. The second-order valence-electron chi connectivity index (χ2n) is 11.6. The van der Waals surface area contributed by atoms with Gasteiger partial charge in [-0.05, 0) is 54.5 Å². The van der Waals surface area contributed by atoms with E-state index in [9.17, 15) is 18.3 Å². The van der Waals surface area contributed by atoms with Crippen molar-refractivity contribution in [2.75, 3.05) is 33.4 Å². The van der Waals surface area contributed by atoms with Crippen molar-refractivity contribution in [2.45, 2.75) is 56.1 Å². The molecule has 0 unspecified atom stereocenters. The molecule has 0 radical (unpaired) electrons. The Balaban J connectivity index is 1.31. The maximum absolute atomic E-state index is 13.6. The van der Waals surface area contributed by atoms with Gasteiger partial charge in [0.15, 0.2) is 6.29 Å². The third-order valence-electron chi connectivity index (χ3n) is 8.27. The Morgan fingerprint density at radius 2 is 1.78 bits per heavy atom. The Hall–Kier alpha value is -2.70. The van der Waals surface area contributed by atoms with Crippen LogP contribution in [0.15, 0.2) is 59.5 Å². The summed E-state index contributed by atoms with van der Waals surface area (Å²) >= 11 is 0. The highest BCUT2D eigenvalue weighted by atomic mass is 32.2. The SMILES string of the molecule is COc1ccc(S(=O)(=O)N(CC(C)C)C[C@@H](O)[C@H](Cc2ccccc2)NC(=O)O[C@H]2C[C@H]3CO[C@H]4OC[C@@H]2[C@@H]34)cc1. The number of hydrogen-bond donors (Lipinski definition) is 2. The second kappa shape index (κ2) is 12.7. The lowest BCUT2D eigenvalue weighted by atomic mass is 9.94. The van der Waals surface area contributed by atoms with Gasteiger partial charge in [-0.2, -0.15) is 4.31 Å². The third-order valence-corrected chi connectivity index (χ3v) is 10.1. The van der Waals surface area contributed by atoms with E-state index in [1.165, 1.54) is 23.5 Å². The first-order chi connectivity index (χ1) is 19.7. The van der Waals surface area contributed by atoms with Crippen molar-refractivity contribution in [1.29, 1.82) is 0 Å². The first-order valence-corrected chi connectivity index (χ1v) is 15.7. The summed E-state index contributed by atoms with van der Waals surface area (Å²) in [7, 11) is -2.42. The zero-order chi connectivity index (χ0) is 29.1. The Morgan fingerprint density at radius 1 is 1.07 bits per heavy atom. The maximum Gasteiger partial charge on any atom is 0.407 e. The number of aliphatic hydroxyl groups is 1. The summed E-state index contributed by atoms with van der Waals surface area (Å²) in [5.41, 5.74) is 0.893. The van der Waals surface area contributed by atoms with E-state index < -0.39 is 28.3 Å². The lowest BCUT2D eigenvalue weighted by Crippen LogP contribution is -2.51. The zero-order valence-electron chi connectivity index (χ0n) is 23.7. The number of amides is 1. The van der Waals surface area contributed by atoms with Gasteiger partial charge in [0.25, 0.3) is 0 Å². The van der Waals surface area contributed by atoms with Gasteiger partial charge >= 0.3 is 6.09 Å². The van der Waals surface area contributed by atoms with Gasteiger partial charge in [0.1, 0.15) is 11.9 Å². The fourth-order valence-electron chi connectivity index (χ4n) is 6.26. The molecule has 1 saturated carbocycles. The largest absolute Gasteiger partial charge is 0.497 e. The van der Waals surface area contributed by atoms with Crippen LogP contribution in [-0.2, 0) is 30.7 Å². The Labute approximate surface area is 242 Å². The standard InChI is InChI=1S/C30H40N2O8S/c1-19(2)15-32(41(35,36)23-11-9-22(37-3)10-12-23)16-26(33)25(13-20-7-5-4-6-8-20)31-30(34)40-27-14-21-17-38-29-28(21)24(27)18-39-29/h4-12,19,21,24-29,33H,13-18H2,1-3H3,(H,31,34)/t21-,24-,25-,26+,27-,28+,29-/m0/s1. The summed E-state index contributed by atoms with van der Waals surface area (Å²) in [6.07, 6.45) is -1.32. The molecule has 2 heterocycles. The van der Waals surface area contributed by atoms with E-state index in [1.807, 2.05) is 44.2 Å². The van der Waals surface area contributed by atoms with E-state index in [2.05, 4.69) is 5.32 Å². The number of methoxy groups -OCH3 is 1. The number of carbonyl (C=O) groups is 1. The van der Waals surface area contributed by atoms with Gasteiger partial charge in [-0.15, -0.1) is 0 Å². The van der Waals surface area contributed by atoms with Crippen molar-refractivity contribution in [1.82, 2.24) is 9.62 Å². The molecular weight excluding hydrogens is 548 g/mol. The molecule has 2 N–H and O–H groups in total. The van der Waals surface area contributed by atoms with Crippen LogP contribution in [0.25, 0.3) is 0 Å². The van der Waals surface area contributed by atoms with Crippen LogP contribution in [0.1, 0.15) is 25.8 Å². The van der Waals surface area contributed by atoms with Crippen LogP contribution in [0.4, 0.5) is 4.79 Å². The van der Waals surface area contributed by atoms with Crippen molar-refractivity contribution in [3.05, 3.63) is 60.2 Å². The predicted octanol–water partition coefficient (Wildman–Crippen LogP) is 3.05. The van der Waals surface area contributed by atoms with E-state index >= 15 is 0 Å². The smallest absolute Gasteiger partial charge is 0.407 e. The first-order valence-electron chi connectivity index (χ1n) is 14.2. The highest BCUT2D eigenvalue weighted by Crippen LogP contribution is 2.50. The van der Waals surface area contributed by atoms with Gasteiger partial charge in [0.05, 0.1) is 37.4 Å². The molecule has 2 aliphatic heterocycles. The molecule has 224 valence electrons. The summed E-state index contributed by atoms with van der Waals surface area (Å²) in [5, 5.41) is 14.3. The van der Waals surface area contributed by atoms with Gasteiger partial charge in [-0.1, -0.05) is 44.2 Å². The monoisotopic (exact) mass is 588 g/mol. The minimum Gasteiger partial charge on any atom is -0.497 e. The van der Waals surface area contributed by atoms with E-state index in [4.69, 9.17) is 18.9 Å². The van der Waals surface area contributed by atoms with Crippen LogP contribution < -0.4 is 10.1 Å². The Bertz CT molecular complexity index is 1270. The second-order valence-corrected chi connectivity index (χ2v) is 13.6. The molecule has 2 aromatic carbocycles. The molecular formula is C30H40N2O8S. The molecule has 3 aliphatic rings. The quantitative estimate of drug-likeness (QED) is 0.388. The summed E-state index contributed by atoms with van der Waals surface area (Å²) in [6.45, 7) is 4.93. The molecule has 0 bridgehead atoms. The van der Waals surface area contributed by atoms with Crippen LogP contribution in [0.3, 0.4) is 0 Å². The topological polar surface area (TPSA) is 124 Å². The average molecular weight is 589 g/mol. The number of sulfonamides is 1. The number of hydrogen-bond acceptors (Lipinski definition) is 8. The zero-order valence-corrected chi connectivity index (χ0v) is 24.5.